The molecule has 22 heavy (non-hydrogen) atoms. The first-order valence-electron chi connectivity index (χ1n) is 6.93. The minimum Gasteiger partial charge on any atom is -0.492 e. The molecule has 6 nitrogen and oxygen atoms in total. The van der Waals surface area contributed by atoms with Gasteiger partial charge >= 0.3 is 0 Å². The van der Waals surface area contributed by atoms with Crippen molar-refractivity contribution in [2.24, 2.45) is 0 Å². The van der Waals surface area contributed by atoms with Crippen molar-refractivity contribution in [3.05, 3.63) is 58.6 Å². The van der Waals surface area contributed by atoms with Crippen molar-refractivity contribution in [3.8, 4) is 5.75 Å². The second-order valence-corrected chi connectivity index (χ2v) is 5.11. The molecule has 0 amide bonds. The molecule has 0 saturated carbocycles. The van der Waals surface area contributed by atoms with Gasteiger partial charge in [-0.05, 0) is 50.5 Å². The zero-order valence-electron chi connectivity index (χ0n) is 12.7. The van der Waals surface area contributed by atoms with E-state index in [0.717, 1.165) is 23.7 Å². The topological polar surface area (TPSA) is 67.6 Å². The predicted octanol–water partition coefficient (Wildman–Crippen LogP) is 3.28. The van der Waals surface area contributed by atoms with Crippen molar-refractivity contribution < 1.29 is 9.66 Å². The number of nitrogens with one attached hydrogen (secondary N) is 1. The number of hydrogen-bond acceptors (Lipinski definition) is 5. The third-order valence-corrected chi connectivity index (χ3v) is 3.03. The molecular weight excluding hydrogens is 282 g/mol. The van der Waals surface area contributed by atoms with Gasteiger partial charge in [-0.15, -0.1) is 0 Å². The standard InChI is InChI=1S/C16H19N3O3/c1-18(2)11-12-22-16-9-5-14(6-10-16)17-13-3-7-15(8-4-13)19(20)21/h3-10,17H,11-12H2,1-2H3. The lowest BCUT2D eigenvalue weighted by Crippen LogP contribution is -2.19. The van der Waals surface area contributed by atoms with Crippen LogP contribution in [-0.2, 0) is 0 Å². The van der Waals surface area contributed by atoms with Crippen LogP contribution in [0, 0.1) is 10.1 Å². The first-order chi connectivity index (χ1) is 10.5. The molecule has 0 spiro atoms. The highest BCUT2D eigenvalue weighted by atomic mass is 16.6. The Morgan fingerprint density at radius 2 is 1.59 bits per heavy atom. The van der Waals surface area contributed by atoms with Crippen molar-refractivity contribution in [1.82, 2.24) is 4.90 Å². The lowest BCUT2D eigenvalue weighted by molar-refractivity contribution is -0.384. The van der Waals surface area contributed by atoms with Gasteiger partial charge in [0.1, 0.15) is 12.4 Å². The summed E-state index contributed by atoms with van der Waals surface area (Å²) in [6.45, 7) is 1.50. The zero-order valence-corrected chi connectivity index (χ0v) is 12.7. The Balaban J connectivity index is 1.91. The molecule has 0 atom stereocenters. The van der Waals surface area contributed by atoms with Crippen molar-refractivity contribution in [1.29, 1.82) is 0 Å². The molecule has 0 aliphatic carbocycles. The van der Waals surface area contributed by atoms with Crippen LogP contribution >= 0.6 is 0 Å². The minimum absolute atomic E-state index is 0.0789. The van der Waals surface area contributed by atoms with E-state index in [4.69, 9.17) is 4.74 Å². The SMILES string of the molecule is CN(C)CCOc1ccc(Nc2ccc([N+](=O)[O-])cc2)cc1. The summed E-state index contributed by atoms with van der Waals surface area (Å²) in [6, 6.07) is 13.9. The highest BCUT2D eigenvalue weighted by Gasteiger charge is 2.04. The zero-order chi connectivity index (χ0) is 15.9. The molecule has 116 valence electrons. The summed E-state index contributed by atoms with van der Waals surface area (Å²) < 4.78 is 5.62. The Morgan fingerprint density at radius 3 is 2.09 bits per heavy atom. The van der Waals surface area contributed by atoms with Crippen molar-refractivity contribution in [3.63, 3.8) is 0 Å². The van der Waals surface area contributed by atoms with Gasteiger partial charge in [0.2, 0.25) is 0 Å². The van der Waals surface area contributed by atoms with E-state index < -0.39 is 4.92 Å². The number of benzene rings is 2. The number of rotatable bonds is 7. The highest BCUT2D eigenvalue weighted by Crippen LogP contribution is 2.22. The number of nitro groups is 1. The van der Waals surface area contributed by atoms with E-state index >= 15 is 0 Å². The molecule has 1 N–H and O–H groups in total. The van der Waals surface area contributed by atoms with Crippen LogP contribution < -0.4 is 10.1 Å². The number of non-ortho nitro benzene ring substituents is 1. The van der Waals surface area contributed by atoms with E-state index in [1.54, 1.807) is 12.1 Å². The predicted molar refractivity (Wildman–Crippen MR) is 86.9 cm³/mol. The lowest BCUT2D eigenvalue weighted by atomic mass is 10.2. The van der Waals surface area contributed by atoms with E-state index in [1.165, 1.54) is 12.1 Å². The quantitative estimate of drug-likeness (QED) is 0.628. The van der Waals surface area contributed by atoms with Crippen molar-refractivity contribution in [2.45, 2.75) is 0 Å². The van der Waals surface area contributed by atoms with Crippen molar-refractivity contribution in [2.75, 3.05) is 32.6 Å². The van der Waals surface area contributed by atoms with Gasteiger partial charge in [-0.25, -0.2) is 0 Å². The molecule has 0 aliphatic heterocycles. The summed E-state index contributed by atoms with van der Waals surface area (Å²) in [6.07, 6.45) is 0. The number of likely N-dealkylation sites (N-methyl/N-ethyl adjacent to an activating group) is 1. The number of hydrogen-bond donors (Lipinski definition) is 1. The number of nitro benzene ring substituents is 1. The maximum atomic E-state index is 10.6. The van der Waals surface area contributed by atoms with Gasteiger partial charge in [0.15, 0.2) is 0 Å². The van der Waals surface area contributed by atoms with Crippen LogP contribution in [-0.4, -0.2) is 37.1 Å². The van der Waals surface area contributed by atoms with E-state index in [2.05, 4.69) is 10.2 Å². The van der Waals surface area contributed by atoms with Gasteiger partial charge in [0.05, 0.1) is 4.92 Å². The van der Waals surface area contributed by atoms with Gasteiger partial charge < -0.3 is 15.0 Å². The molecule has 0 radical (unpaired) electrons. The van der Waals surface area contributed by atoms with E-state index in [0.29, 0.717) is 6.61 Å². The summed E-state index contributed by atoms with van der Waals surface area (Å²) >= 11 is 0. The first-order valence-corrected chi connectivity index (χ1v) is 6.93. The average Bonchev–Trinajstić information content (AvgIpc) is 2.49. The highest BCUT2D eigenvalue weighted by molar-refractivity contribution is 5.61. The maximum absolute atomic E-state index is 10.6. The molecule has 0 aliphatic rings. The molecule has 2 rings (SSSR count). The summed E-state index contributed by atoms with van der Waals surface area (Å²) in [5, 5.41) is 13.8. The van der Waals surface area contributed by atoms with Crippen LogP contribution in [0.25, 0.3) is 0 Å². The number of nitrogens with zero attached hydrogens (tertiary/aromatic N) is 2. The smallest absolute Gasteiger partial charge is 0.269 e. The number of anilines is 2. The molecule has 0 fully saturated rings. The summed E-state index contributed by atoms with van der Waals surface area (Å²) in [4.78, 5) is 12.3. The lowest BCUT2D eigenvalue weighted by Gasteiger charge is -2.11. The normalized spacial score (nSPS) is 10.5. The van der Waals surface area contributed by atoms with E-state index in [1.807, 2.05) is 38.4 Å². The van der Waals surface area contributed by atoms with Gasteiger partial charge in [0.25, 0.3) is 5.69 Å². The molecule has 0 saturated heterocycles. The Hall–Kier alpha value is -2.60. The molecule has 0 bridgehead atoms. The first kappa shape index (κ1) is 15.8. The van der Waals surface area contributed by atoms with Crippen LogP contribution in [0.1, 0.15) is 0 Å². The average molecular weight is 301 g/mol. The third-order valence-electron chi connectivity index (χ3n) is 3.03. The van der Waals surface area contributed by atoms with Crippen molar-refractivity contribution >= 4 is 17.1 Å². The minimum atomic E-state index is -0.413. The molecular formula is C16H19N3O3. The Morgan fingerprint density at radius 1 is 1.05 bits per heavy atom. The van der Waals surface area contributed by atoms with Gasteiger partial charge in [-0.1, -0.05) is 0 Å². The molecule has 2 aromatic rings. The molecule has 6 heteroatoms. The summed E-state index contributed by atoms with van der Waals surface area (Å²) in [7, 11) is 4.00. The number of ether oxygens (including phenoxy) is 1. The Labute approximate surface area is 129 Å². The van der Waals surface area contributed by atoms with Crippen LogP contribution in [0.4, 0.5) is 17.1 Å². The van der Waals surface area contributed by atoms with Crippen LogP contribution in [0.15, 0.2) is 48.5 Å². The summed E-state index contributed by atoms with van der Waals surface area (Å²) in [5.74, 6) is 0.816. The third kappa shape index (κ3) is 4.75. The fraction of sp³-hybridized carbons (Fsp3) is 0.250. The van der Waals surface area contributed by atoms with Gasteiger partial charge in [0, 0.05) is 30.1 Å². The summed E-state index contributed by atoms with van der Waals surface area (Å²) in [5.41, 5.74) is 1.77. The van der Waals surface area contributed by atoms with Gasteiger partial charge in [-0.2, -0.15) is 0 Å². The second-order valence-electron chi connectivity index (χ2n) is 5.11. The van der Waals surface area contributed by atoms with Crippen LogP contribution in [0.3, 0.4) is 0 Å². The van der Waals surface area contributed by atoms with Gasteiger partial charge in [-0.3, -0.25) is 10.1 Å². The monoisotopic (exact) mass is 301 g/mol. The Bertz CT molecular complexity index is 610. The van der Waals surface area contributed by atoms with E-state index in [9.17, 15) is 10.1 Å². The Kier molecular flexibility index (Phi) is 5.32. The second kappa shape index (κ2) is 7.42. The molecule has 2 aromatic carbocycles. The molecule has 0 heterocycles. The fourth-order valence-corrected chi connectivity index (χ4v) is 1.81. The fourth-order valence-electron chi connectivity index (χ4n) is 1.81. The van der Waals surface area contributed by atoms with E-state index in [-0.39, 0.29) is 5.69 Å². The maximum Gasteiger partial charge on any atom is 0.269 e. The molecule has 0 unspecified atom stereocenters. The van der Waals surface area contributed by atoms with Crippen LogP contribution in [0.5, 0.6) is 5.75 Å². The molecule has 0 aromatic heterocycles. The van der Waals surface area contributed by atoms with Crippen LogP contribution in [0.2, 0.25) is 0 Å². The largest absolute Gasteiger partial charge is 0.492 e.